The van der Waals surface area contributed by atoms with E-state index in [0.29, 0.717) is 35.2 Å². The molecular formula is C33H31N3O4S2. The Labute approximate surface area is 254 Å². The molecule has 1 N–H and O–H groups in total. The van der Waals surface area contributed by atoms with Gasteiger partial charge in [-0.1, -0.05) is 78.4 Å². The summed E-state index contributed by atoms with van der Waals surface area (Å²) in [5.41, 5.74) is 5.66. The minimum absolute atomic E-state index is 0.131. The number of unbranched alkanes of at least 4 members (excludes halogenated alkanes) is 2. The highest BCUT2D eigenvalue weighted by molar-refractivity contribution is 8.26. The number of carboxylic acids is 1. The Morgan fingerprint density at radius 1 is 1.00 bits per heavy atom. The van der Waals surface area contributed by atoms with E-state index in [-0.39, 0.29) is 12.3 Å². The SMILES string of the molecule is Cc1ccc(COc2ccc(-c3nn(-c4ccccc4)cc3/C=C3\SC(=S)N(CCCCCC(=O)O)C3=O)cc2)cc1. The van der Waals surface area contributed by atoms with Crippen LogP contribution in [0, 0.1) is 6.92 Å². The second-order valence-corrected chi connectivity index (χ2v) is 11.7. The normalized spacial score (nSPS) is 14.1. The molecule has 0 aliphatic carbocycles. The van der Waals surface area contributed by atoms with Crippen LogP contribution in [0.5, 0.6) is 5.75 Å². The molecule has 1 aromatic heterocycles. The second kappa shape index (κ2) is 13.6. The number of thioether (sulfide) groups is 1. The Morgan fingerprint density at radius 2 is 1.74 bits per heavy atom. The fraction of sp³-hybridized carbons (Fsp3) is 0.212. The van der Waals surface area contributed by atoms with Crippen LogP contribution in [0.1, 0.15) is 42.4 Å². The predicted octanol–water partition coefficient (Wildman–Crippen LogP) is 7.27. The third-order valence-corrected chi connectivity index (χ3v) is 8.23. The maximum atomic E-state index is 13.3. The molecule has 1 amide bonds. The zero-order chi connectivity index (χ0) is 29.5. The minimum Gasteiger partial charge on any atom is -0.489 e. The van der Waals surface area contributed by atoms with Crippen molar-refractivity contribution in [3.05, 3.63) is 107 Å². The van der Waals surface area contributed by atoms with Crippen molar-refractivity contribution < 1.29 is 19.4 Å². The molecule has 1 fully saturated rings. The summed E-state index contributed by atoms with van der Waals surface area (Å²) in [5.74, 6) is -0.186. The monoisotopic (exact) mass is 597 g/mol. The van der Waals surface area contributed by atoms with Crippen LogP contribution in [0.2, 0.25) is 0 Å². The van der Waals surface area contributed by atoms with Crippen LogP contribution in [0.25, 0.3) is 23.0 Å². The number of carbonyl (C=O) groups is 2. The van der Waals surface area contributed by atoms with Gasteiger partial charge < -0.3 is 9.84 Å². The number of para-hydroxylation sites is 1. The van der Waals surface area contributed by atoms with Gasteiger partial charge in [-0.25, -0.2) is 4.68 Å². The second-order valence-electron chi connectivity index (χ2n) is 10.0. The highest BCUT2D eigenvalue weighted by Gasteiger charge is 2.32. The highest BCUT2D eigenvalue weighted by Crippen LogP contribution is 2.35. The van der Waals surface area contributed by atoms with Crippen molar-refractivity contribution in [2.75, 3.05) is 6.54 Å². The molecule has 42 heavy (non-hydrogen) atoms. The molecule has 1 saturated heterocycles. The third kappa shape index (κ3) is 7.35. The van der Waals surface area contributed by atoms with E-state index in [1.54, 1.807) is 4.90 Å². The summed E-state index contributed by atoms with van der Waals surface area (Å²) in [6, 6.07) is 25.9. The molecule has 7 nitrogen and oxygen atoms in total. The maximum Gasteiger partial charge on any atom is 0.303 e. The largest absolute Gasteiger partial charge is 0.489 e. The van der Waals surface area contributed by atoms with Crippen LogP contribution in [-0.2, 0) is 16.2 Å². The van der Waals surface area contributed by atoms with E-state index >= 15 is 0 Å². The first-order valence-electron chi connectivity index (χ1n) is 13.8. The zero-order valence-electron chi connectivity index (χ0n) is 23.2. The van der Waals surface area contributed by atoms with Crippen LogP contribution in [0.4, 0.5) is 0 Å². The van der Waals surface area contributed by atoms with E-state index < -0.39 is 5.97 Å². The number of aromatic nitrogens is 2. The summed E-state index contributed by atoms with van der Waals surface area (Å²) in [6.07, 6.45) is 5.91. The van der Waals surface area contributed by atoms with Gasteiger partial charge in [-0.3, -0.25) is 14.5 Å². The average Bonchev–Trinajstić information content (AvgIpc) is 3.53. The molecule has 3 aromatic carbocycles. The Kier molecular flexibility index (Phi) is 9.51. The standard InChI is InChI=1S/C33H31N3O4S2/c1-23-11-13-24(14-12-23)22-40-28-17-15-25(16-18-28)31-26(21-36(34-31)27-8-4-2-5-9-27)20-29-32(39)35(33(41)42-29)19-7-3-6-10-30(37)38/h2,4-5,8-9,11-18,20-21H,3,6-7,10,19,22H2,1H3,(H,37,38)/b29-20-. The first kappa shape index (κ1) is 29.3. The molecule has 0 spiro atoms. The molecule has 2 heterocycles. The summed E-state index contributed by atoms with van der Waals surface area (Å²) < 4.78 is 8.32. The number of nitrogens with zero attached hydrogens (tertiary/aromatic N) is 3. The number of amides is 1. The first-order valence-corrected chi connectivity index (χ1v) is 15.0. The number of benzene rings is 3. The Morgan fingerprint density at radius 3 is 2.45 bits per heavy atom. The molecule has 1 aliphatic rings. The van der Waals surface area contributed by atoms with E-state index in [2.05, 4.69) is 31.2 Å². The predicted molar refractivity (Wildman–Crippen MR) is 170 cm³/mol. The molecule has 5 rings (SSSR count). The molecule has 0 bridgehead atoms. The van der Waals surface area contributed by atoms with Crippen LogP contribution in [0.15, 0.2) is 90.0 Å². The lowest BCUT2D eigenvalue weighted by Gasteiger charge is -2.13. The summed E-state index contributed by atoms with van der Waals surface area (Å²) in [7, 11) is 0. The Hall–Kier alpha value is -4.21. The fourth-order valence-electron chi connectivity index (χ4n) is 4.55. The number of carbonyl (C=O) groups excluding carboxylic acids is 1. The lowest BCUT2D eigenvalue weighted by molar-refractivity contribution is -0.137. The lowest BCUT2D eigenvalue weighted by Crippen LogP contribution is -2.29. The van der Waals surface area contributed by atoms with Crippen LogP contribution < -0.4 is 4.74 Å². The van der Waals surface area contributed by atoms with E-state index in [9.17, 15) is 9.59 Å². The topological polar surface area (TPSA) is 84.7 Å². The lowest BCUT2D eigenvalue weighted by atomic mass is 10.1. The van der Waals surface area contributed by atoms with Gasteiger partial charge in [-0.15, -0.1) is 0 Å². The summed E-state index contributed by atoms with van der Waals surface area (Å²) in [4.78, 5) is 26.2. The van der Waals surface area contributed by atoms with Crippen LogP contribution in [0.3, 0.4) is 0 Å². The van der Waals surface area contributed by atoms with E-state index in [1.165, 1.54) is 17.3 Å². The minimum atomic E-state index is -0.806. The van der Waals surface area contributed by atoms with Crippen LogP contribution >= 0.6 is 24.0 Å². The maximum absolute atomic E-state index is 13.3. The van der Waals surface area contributed by atoms with Crippen molar-refractivity contribution in [2.45, 2.75) is 39.2 Å². The van der Waals surface area contributed by atoms with Gasteiger partial charge in [0.1, 0.15) is 16.7 Å². The molecule has 0 radical (unpaired) electrons. The van der Waals surface area contributed by atoms with Gasteiger partial charge >= 0.3 is 5.97 Å². The number of hydrogen-bond donors (Lipinski definition) is 1. The van der Waals surface area contributed by atoms with Gasteiger partial charge in [-0.2, -0.15) is 5.10 Å². The molecule has 4 aromatic rings. The highest BCUT2D eigenvalue weighted by atomic mass is 32.2. The van der Waals surface area contributed by atoms with E-state index in [4.69, 9.17) is 27.2 Å². The van der Waals surface area contributed by atoms with Gasteiger partial charge in [0.15, 0.2) is 0 Å². The molecule has 0 unspecified atom stereocenters. The van der Waals surface area contributed by atoms with Crippen molar-refractivity contribution in [3.8, 4) is 22.7 Å². The number of rotatable bonds is 12. The molecule has 0 saturated carbocycles. The molecule has 214 valence electrons. The number of ether oxygens (including phenoxy) is 1. The first-order chi connectivity index (χ1) is 20.4. The van der Waals surface area contributed by atoms with Gasteiger partial charge in [0.2, 0.25) is 0 Å². The quantitative estimate of drug-likeness (QED) is 0.104. The molecule has 9 heteroatoms. The van der Waals surface area contributed by atoms with Gasteiger partial charge in [-0.05, 0) is 67.8 Å². The number of hydrogen-bond acceptors (Lipinski definition) is 6. The number of aryl methyl sites for hydroxylation is 1. The smallest absolute Gasteiger partial charge is 0.303 e. The van der Waals surface area contributed by atoms with Gasteiger partial charge in [0, 0.05) is 30.3 Å². The summed E-state index contributed by atoms with van der Waals surface area (Å²) >= 11 is 6.80. The van der Waals surface area contributed by atoms with Crippen molar-refractivity contribution in [2.24, 2.45) is 0 Å². The third-order valence-electron chi connectivity index (χ3n) is 6.85. The Bertz CT molecular complexity index is 1600. The number of aliphatic carboxylic acids is 1. The summed E-state index contributed by atoms with van der Waals surface area (Å²) in [5, 5.41) is 13.7. The number of carboxylic acid groups (broad SMARTS) is 1. The molecular weight excluding hydrogens is 567 g/mol. The average molecular weight is 598 g/mol. The molecule has 0 atom stereocenters. The zero-order valence-corrected chi connectivity index (χ0v) is 24.9. The van der Waals surface area contributed by atoms with Crippen molar-refractivity contribution in [3.63, 3.8) is 0 Å². The molecule has 1 aliphatic heterocycles. The van der Waals surface area contributed by atoms with Gasteiger partial charge in [0.25, 0.3) is 5.91 Å². The van der Waals surface area contributed by atoms with Gasteiger partial charge in [0.05, 0.1) is 16.3 Å². The summed E-state index contributed by atoms with van der Waals surface area (Å²) in [6.45, 7) is 3.02. The van der Waals surface area contributed by atoms with E-state index in [1.807, 2.05) is 71.6 Å². The van der Waals surface area contributed by atoms with E-state index in [0.717, 1.165) is 40.2 Å². The van der Waals surface area contributed by atoms with Crippen LogP contribution in [-0.4, -0.2) is 42.5 Å². The number of thiocarbonyl (C=S) groups is 1. The van der Waals surface area contributed by atoms with Crippen molar-refractivity contribution in [1.82, 2.24) is 14.7 Å². The van der Waals surface area contributed by atoms with Crippen molar-refractivity contribution in [1.29, 1.82) is 0 Å². The Balaban J connectivity index is 1.36. The van der Waals surface area contributed by atoms with Crippen molar-refractivity contribution >= 4 is 46.3 Å². The fourth-order valence-corrected chi connectivity index (χ4v) is 5.85.